The molecule has 0 aromatic heterocycles. The van der Waals surface area contributed by atoms with E-state index in [-0.39, 0.29) is 42.7 Å². The van der Waals surface area contributed by atoms with Crippen LogP contribution in [-0.4, -0.2) is 44.5 Å². The summed E-state index contributed by atoms with van der Waals surface area (Å²) >= 11 is 0. The van der Waals surface area contributed by atoms with Crippen LogP contribution in [0.4, 0.5) is 0 Å². The predicted molar refractivity (Wildman–Crippen MR) is 93.1 cm³/mol. The van der Waals surface area contributed by atoms with Gasteiger partial charge in [0.05, 0.1) is 12.7 Å². The van der Waals surface area contributed by atoms with Crippen molar-refractivity contribution >= 4 is 18.3 Å². The number of hydrogen-bond acceptors (Lipinski definition) is 5. The van der Waals surface area contributed by atoms with Crippen molar-refractivity contribution in [1.29, 1.82) is 0 Å². The molecule has 1 fully saturated rings. The van der Waals surface area contributed by atoms with Crippen LogP contribution >= 0.6 is 12.4 Å². The highest BCUT2D eigenvalue weighted by molar-refractivity contribution is 5.85. The molecule has 1 amide bonds. The minimum atomic E-state index is -0.295. The number of fused-ring (bicyclic) bond motifs is 1. The van der Waals surface area contributed by atoms with Crippen LogP contribution in [0.5, 0.6) is 11.5 Å². The summed E-state index contributed by atoms with van der Waals surface area (Å²) in [6, 6.07) is 5.62. The topological polar surface area (TPSA) is 68.8 Å². The Bertz CT molecular complexity index is 594. The number of nitrogens with one attached hydrogen (secondary N) is 2. The highest BCUT2D eigenvalue weighted by Gasteiger charge is 2.30. The molecule has 134 valence electrons. The molecule has 3 rings (SSSR count). The average molecular weight is 357 g/mol. The number of hydrogen-bond donors (Lipinski definition) is 2. The molecule has 2 atom stereocenters. The summed E-state index contributed by atoms with van der Waals surface area (Å²) in [5.74, 6) is 1.51. The number of morpholine rings is 1. The minimum Gasteiger partial charge on any atom is -0.454 e. The first kappa shape index (κ1) is 18.8. The Kier molecular flexibility index (Phi) is 5.96. The standard InChI is InChI=1S/C17H24N2O4.ClH/c1-11-15(18-6-7-21-11)16(20)19-9-17(2,3)12-4-5-13-14(8-12)23-10-22-13;/h4-5,8,11,15,18H,6-7,9-10H2,1-3H3,(H,19,20);1H/t11-,15+;/m1./s1. The highest BCUT2D eigenvalue weighted by atomic mass is 35.5. The molecule has 0 bridgehead atoms. The number of carbonyl (C=O) groups is 1. The van der Waals surface area contributed by atoms with E-state index in [1.807, 2.05) is 25.1 Å². The average Bonchev–Trinajstić information content (AvgIpc) is 3.00. The molecule has 2 aliphatic heterocycles. The zero-order valence-corrected chi connectivity index (χ0v) is 15.1. The van der Waals surface area contributed by atoms with Gasteiger partial charge in [0.15, 0.2) is 11.5 Å². The lowest BCUT2D eigenvalue weighted by atomic mass is 9.84. The lowest BCUT2D eigenvalue weighted by molar-refractivity contribution is -0.129. The van der Waals surface area contributed by atoms with Crippen molar-refractivity contribution in [2.75, 3.05) is 26.5 Å². The quantitative estimate of drug-likeness (QED) is 0.857. The fourth-order valence-corrected chi connectivity index (χ4v) is 2.86. The van der Waals surface area contributed by atoms with E-state index >= 15 is 0 Å². The molecule has 0 aliphatic carbocycles. The van der Waals surface area contributed by atoms with Crippen LogP contribution in [-0.2, 0) is 14.9 Å². The van der Waals surface area contributed by atoms with Crippen molar-refractivity contribution in [3.63, 3.8) is 0 Å². The highest BCUT2D eigenvalue weighted by Crippen LogP contribution is 2.36. The third kappa shape index (κ3) is 3.94. The Balaban J connectivity index is 0.00000208. The first-order valence-corrected chi connectivity index (χ1v) is 8.00. The van der Waals surface area contributed by atoms with Gasteiger partial charge in [-0.05, 0) is 24.6 Å². The molecule has 2 N–H and O–H groups in total. The van der Waals surface area contributed by atoms with Crippen molar-refractivity contribution in [2.45, 2.75) is 38.3 Å². The maximum atomic E-state index is 12.4. The second-order valence-electron chi connectivity index (χ2n) is 6.68. The van der Waals surface area contributed by atoms with Gasteiger partial charge in [-0.15, -0.1) is 12.4 Å². The summed E-state index contributed by atoms with van der Waals surface area (Å²) < 4.78 is 16.3. The smallest absolute Gasteiger partial charge is 0.239 e. The molecule has 6 nitrogen and oxygen atoms in total. The number of ether oxygens (including phenoxy) is 3. The van der Waals surface area contributed by atoms with Crippen molar-refractivity contribution in [1.82, 2.24) is 10.6 Å². The molecular weight excluding hydrogens is 332 g/mol. The summed E-state index contributed by atoms with van der Waals surface area (Å²) in [5.41, 5.74) is 0.887. The summed E-state index contributed by atoms with van der Waals surface area (Å²) in [4.78, 5) is 12.4. The Labute approximate surface area is 148 Å². The lowest BCUT2D eigenvalue weighted by Gasteiger charge is -2.31. The van der Waals surface area contributed by atoms with Crippen LogP contribution in [0.3, 0.4) is 0 Å². The first-order chi connectivity index (χ1) is 11.0. The first-order valence-electron chi connectivity index (χ1n) is 8.00. The van der Waals surface area contributed by atoms with E-state index in [2.05, 4.69) is 24.5 Å². The van der Waals surface area contributed by atoms with Crippen molar-refractivity contribution in [3.05, 3.63) is 23.8 Å². The minimum absolute atomic E-state index is 0. The van der Waals surface area contributed by atoms with E-state index in [1.54, 1.807) is 0 Å². The lowest BCUT2D eigenvalue weighted by Crippen LogP contribution is -2.56. The van der Waals surface area contributed by atoms with Crippen LogP contribution in [0, 0.1) is 0 Å². The summed E-state index contributed by atoms with van der Waals surface area (Å²) in [5, 5.41) is 6.24. The van der Waals surface area contributed by atoms with Crippen LogP contribution in [0.15, 0.2) is 18.2 Å². The summed E-state index contributed by atoms with van der Waals surface area (Å²) in [6.07, 6.45) is -0.114. The predicted octanol–water partition coefficient (Wildman–Crippen LogP) is 1.61. The molecule has 7 heteroatoms. The SMILES string of the molecule is C[C@H]1OCCN[C@@H]1C(=O)NCC(C)(C)c1ccc2c(c1)OCO2.Cl. The molecule has 0 radical (unpaired) electrons. The van der Waals surface area contributed by atoms with Gasteiger partial charge in [0.1, 0.15) is 6.04 Å². The van der Waals surface area contributed by atoms with Gasteiger partial charge in [-0.3, -0.25) is 4.79 Å². The van der Waals surface area contributed by atoms with E-state index in [0.717, 1.165) is 17.1 Å². The van der Waals surface area contributed by atoms with Crippen LogP contribution < -0.4 is 20.1 Å². The largest absolute Gasteiger partial charge is 0.454 e. The Morgan fingerprint density at radius 2 is 2.08 bits per heavy atom. The fraction of sp³-hybridized carbons (Fsp3) is 0.588. The molecule has 0 spiro atoms. The molecule has 0 saturated carbocycles. The number of benzene rings is 1. The Morgan fingerprint density at radius 3 is 2.83 bits per heavy atom. The third-order valence-electron chi connectivity index (χ3n) is 4.46. The van der Waals surface area contributed by atoms with Gasteiger partial charge < -0.3 is 24.8 Å². The maximum Gasteiger partial charge on any atom is 0.239 e. The van der Waals surface area contributed by atoms with Gasteiger partial charge in [-0.25, -0.2) is 0 Å². The van der Waals surface area contributed by atoms with Crippen molar-refractivity contribution in [3.8, 4) is 11.5 Å². The molecule has 0 unspecified atom stereocenters. The van der Waals surface area contributed by atoms with Crippen LogP contribution in [0.2, 0.25) is 0 Å². The van der Waals surface area contributed by atoms with Gasteiger partial charge in [0.25, 0.3) is 0 Å². The zero-order valence-electron chi connectivity index (χ0n) is 14.3. The van der Waals surface area contributed by atoms with E-state index in [4.69, 9.17) is 14.2 Å². The third-order valence-corrected chi connectivity index (χ3v) is 4.46. The normalized spacial score (nSPS) is 22.6. The van der Waals surface area contributed by atoms with Gasteiger partial charge in [-0.1, -0.05) is 19.9 Å². The zero-order chi connectivity index (χ0) is 16.4. The monoisotopic (exact) mass is 356 g/mol. The molecule has 1 aromatic rings. The molecule has 2 aliphatic rings. The van der Waals surface area contributed by atoms with Crippen molar-refractivity contribution < 1.29 is 19.0 Å². The van der Waals surface area contributed by atoms with E-state index in [0.29, 0.717) is 19.7 Å². The van der Waals surface area contributed by atoms with E-state index < -0.39 is 0 Å². The van der Waals surface area contributed by atoms with Gasteiger partial charge in [0, 0.05) is 18.5 Å². The van der Waals surface area contributed by atoms with Crippen LogP contribution in [0.25, 0.3) is 0 Å². The molecule has 2 heterocycles. The van der Waals surface area contributed by atoms with E-state index in [9.17, 15) is 4.79 Å². The van der Waals surface area contributed by atoms with Gasteiger partial charge in [-0.2, -0.15) is 0 Å². The summed E-state index contributed by atoms with van der Waals surface area (Å²) in [6.45, 7) is 8.26. The number of amides is 1. The Hall–Kier alpha value is -1.50. The number of halogens is 1. The molecular formula is C17H25ClN2O4. The number of rotatable bonds is 4. The summed E-state index contributed by atoms with van der Waals surface area (Å²) in [7, 11) is 0. The second kappa shape index (κ2) is 7.59. The van der Waals surface area contributed by atoms with Gasteiger partial charge in [0.2, 0.25) is 12.7 Å². The Morgan fingerprint density at radius 1 is 1.33 bits per heavy atom. The maximum absolute atomic E-state index is 12.4. The second-order valence-corrected chi connectivity index (χ2v) is 6.68. The van der Waals surface area contributed by atoms with Crippen LogP contribution in [0.1, 0.15) is 26.3 Å². The molecule has 1 saturated heterocycles. The number of carbonyl (C=O) groups excluding carboxylic acids is 1. The van der Waals surface area contributed by atoms with Crippen molar-refractivity contribution in [2.24, 2.45) is 0 Å². The molecule has 24 heavy (non-hydrogen) atoms. The van der Waals surface area contributed by atoms with Gasteiger partial charge >= 0.3 is 0 Å². The fourth-order valence-electron chi connectivity index (χ4n) is 2.86. The van der Waals surface area contributed by atoms with E-state index in [1.165, 1.54) is 0 Å². The molecule has 1 aromatic carbocycles.